The highest BCUT2D eigenvalue weighted by Gasteiger charge is 2.40. The molecule has 2 N–H and O–H groups in total. The van der Waals surface area contributed by atoms with Crippen molar-refractivity contribution in [3.63, 3.8) is 0 Å². The second-order valence-corrected chi connectivity index (χ2v) is 9.46. The number of unbranched alkanes of at least 4 members (excludes halogenated alkanes) is 5. The van der Waals surface area contributed by atoms with Gasteiger partial charge in [0, 0.05) is 21.9 Å². The van der Waals surface area contributed by atoms with Gasteiger partial charge in [-0.05, 0) is 42.7 Å². The molecule has 1 aromatic carbocycles. The molecule has 4 atom stereocenters. The van der Waals surface area contributed by atoms with Gasteiger partial charge in [0.05, 0.1) is 12.2 Å². The first kappa shape index (κ1) is 21.5. The van der Waals surface area contributed by atoms with E-state index in [1.807, 2.05) is 12.1 Å². The SMILES string of the molecule is CCCCCCCCC1C(=O)C[C@@H](O)C1CCC(O)c1cc2ccccc2s1. The van der Waals surface area contributed by atoms with Crippen molar-refractivity contribution in [2.45, 2.75) is 83.3 Å². The van der Waals surface area contributed by atoms with Crippen molar-refractivity contribution in [3.8, 4) is 0 Å². The summed E-state index contributed by atoms with van der Waals surface area (Å²) in [5.74, 6) is 0.213. The van der Waals surface area contributed by atoms with E-state index in [4.69, 9.17) is 0 Å². The summed E-state index contributed by atoms with van der Waals surface area (Å²) >= 11 is 1.63. The lowest BCUT2D eigenvalue weighted by molar-refractivity contribution is -0.121. The van der Waals surface area contributed by atoms with Crippen molar-refractivity contribution in [1.29, 1.82) is 0 Å². The average Bonchev–Trinajstić information content (AvgIpc) is 3.23. The Labute approximate surface area is 172 Å². The molecular formula is C24H34O3S. The maximum absolute atomic E-state index is 12.4. The molecule has 154 valence electrons. The zero-order valence-corrected chi connectivity index (χ0v) is 17.8. The minimum absolute atomic E-state index is 0.00664. The number of carbonyl (C=O) groups is 1. The lowest BCUT2D eigenvalue weighted by Crippen LogP contribution is -2.21. The number of aliphatic hydroxyl groups is 2. The fourth-order valence-corrected chi connectivity index (χ4v) is 5.67. The number of thiophene rings is 1. The molecule has 0 amide bonds. The second-order valence-electron chi connectivity index (χ2n) is 8.34. The van der Waals surface area contributed by atoms with Crippen LogP contribution in [0.1, 0.15) is 82.1 Å². The summed E-state index contributed by atoms with van der Waals surface area (Å²) in [5.41, 5.74) is 0. The van der Waals surface area contributed by atoms with Crippen molar-refractivity contribution in [2.75, 3.05) is 0 Å². The molecule has 1 aliphatic carbocycles. The summed E-state index contributed by atoms with van der Waals surface area (Å²) < 4.78 is 1.19. The molecule has 3 nitrogen and oxygen atoms in total. The van der Waals surface area contributed by atoms with Gasteiger partial charge in [-0.25, -0.2) is 0 Å². The fraction of sp³-hybridized carbons (Fsp3) is 0.625. The predicted octanol–water partition coefficient (Wildman–Crippen LogP) is 6.03. The number of carbonyl (C=O) groups excluding carboxylic acids is 1. The van der Waals surface area contributed by atoms with Crippen LogP contribution in [0.5, 0.6) is 0 Å². The van der Waals surface area contributed by atoms with Gasteiger partial charge in [-0.1, -0.05) is 63.6 Å². The summed E-state index contributed by atoms with van der Waals surface area (Å²) in [6.07, 6.45) is 8.76. The Morgan fingerprint density at radius 3 is 2.64 bits per heavy atom. The van der Waals surface area contributed by atoms with Gasteiger partial charge in [0.25, 0.3) is 0 Å². The fourth-order valence-electron chi connectivity index (χ4n) is 4.59. The zero-order valence-electron chi connectivity index (χ0n) is 17.0. The molecule has 2 aromatic rings. The van der Waals surface area contributed by atoms with E-state index in [1.54, 1.807) is 11.3 Å². The smallest absolute Gasteiger partial charge is 0.138 e. The van der Waals surface area contributed by atoms with Gasteiger partial charge in [0.15, 0.2) is 0 Å². The highest BCUT2D eigenvalue weighted by atomic mass is 32.1. The van der Waals surface area contributed by atoms with E-state index in [1.165, 1.54) is 42.2 Å². The van der Waals surface area contributed by atoms with Crippen LogP contribution in [0.25, 0.3) is 10.1 Å². The van der Waals surface area contributed by atoms with Crippen molar-refractivity contribution in [1.82, 2.24) is 0 Å². The third-order valence-corrected chi connectivity index (χ3v) is 7.47. The van der Waals surface area contributed by atoms with E-state index in [0.29, 0.717) is 19.3 Å². The quantitative estimate of drug-likeness (QED) is 0.451. The summed E-state index contributed by atoms with van der Waals surface area (Å²) in [4.78, 5) is 13.4. The van der Waals surface area contributed by atoms with Gasteiger partial charge in [-0.2, -0.15) is 0 Å². The van der Waals surface area contributed by atoms with Crippen LogP contribution in [0.4, 0.5) is 0 Å². The lowest BCUT2D eigenvalue weighted by atomic mass is 9.85. The van der Waals surface area contributed by atoms with Gasteiger partial charge < -0.3 is 10.2 Å². The van der Waals surface area contributed by atoms with Crippen molar-refractivity contribution >= 4 is 27.2 Å². The Morgan fingerprint density at radius 1 is 1.11 bits per heavy atom. The summed E-state index contributed by atoms with van der Waals surface area (Å²) in [7, 11) is 0. The van der Waals surface area contributed by atoms with Crippen molar-refractivity contribution < 1.29 is 15.0 Å². The van der Waals surface area contributed by atoms with Gasteiger partial charge >= 0.3 is 0 Å². The Morgan fingerprint density at radius 2 is 1.86 bits per heavy atom. The van der Waals surface area contributed by atoms with E-state index in [9.17, 15) is 15.0 Å². The summed E-state index contributed by atoms with van der Waals surface area (Å²) in [5, 5.41) is 22.2. The number of Topliss-reactive ketones (excluding diaryl/α,β-unsaturated/α-hetero) is 1. The minimum atomic E-state index is -0.535. The molecule has 4 heteroatoms. The maximum atomic E-state index is 12.4. The van der Waals surface area contributed by atoms with Crippen LogP contribution in [0, 0.1) is 11.8 Å². The van der Waals surface area contributed by atoms with Gasteiger partial charge in [0.2, 0.25) is 0 Å². The molecule has 28 heavy (non-hydrogen) atoms. The number of aliphatic hydroxyl groups excluding tert-OH is 2. The van der Waals surface area contributed by atoms with Crippen LogP contribution in [0.3, 0.4) is 0 Å². The Bertz CT molecular complexity index is 720. The van der Waals surface area contributed by atoms with Crippen LogP contribution in [0.15, 0.2) is 30.3 Å². The number of hydrogen-bond acceptors (Lipinski definition) is 4. The Balaban J connectivity index is 1.51. The topological polar surface area (TPSA) is 57.5 Å². The van der Waals surface area contributed by atoms with E-state index in [2.05, 4.69) is 25.1 Å². The lowest BCUT2D eigenvalue weighted by Gasteiger charge is -2.22. The molecule has 0 spiro atoms. The highest BCUT2D eigenvalue weighted by molar-refractivity contribution is 7.19. The van der Waals surface area contributed by atoms with Crippen LogP contribution < -0.4 is 0 Å². The molecule has 3 unspecified atom stereocenters. The first-order valence-electron chi connectivity index (χ1n) is 11.0. The van der Waals surface area contributed by atoms with Crippen LogP contribution >= 0.6 is 11.3 Å². The van der Waals surface area contributed by atoms with Gasteiger partial charge in [0.1, 0.15) is 5.78 Å². The van der Waals surface area contributed by atoms with E-state index in [-0.39, 0.29) is 17.6 Å². The monoisotopic (exact) mass is 402 g/mol. The molecule has 1 aromatic heterocycles. The molecule has 0 saturated heterocycles. The van der Waals surface area contributed by atoms with E-state index < -0.39 is 12.2 Å². The second kappa shape index (κ2) is 10.5. The molecule has 0 radical (unpaired) electrons. The largest absolute Gasteiger partial charge is 0.392 e. The maximum Gasteiger partial charge on any atom is 0.138 e. The van der Waals surface area contributed by atoms with Crippen LogP contribution in [0.2, 0.25) is 0 Å². The number of benzene rings is 1. The molecular weight excluding hydrogens is 368 g/mol. The van der Waals surface area contributed by atoms with Gasteiger partial charge in [-0.3, -0.25) is 4.79 Å². The first-order valence-corrected chi connectivity index (χ1v) is 11.8. The number of rotatable bonds is 11. The third-order valence-electron chi connectivity index (χ3n) is 6.25. The molecule has 0 aliphatic heterocycles. The van der Waals surface area contributed by atoms with Crippen LogP contribution in [-0.2, 0) is 4.79 Å². The first-order chi connectivity index (χ1) is 13.6. The molecule has 3 rings (SSSR count). The average molecular weight is 403 g/mol. The number of hydrogen-bond donors (Lipinski definition) is 2. The van der Waals surface area contributed by atoms with E-state index >= 15 is 0 Å². The standard InChI is InChI=1S/C24H34O3S/c1-2-3-4-5-6-7-11-18-19(22(27)16-21(18)26)13-14-20(25)24-15-17-10-8-9-12-23(17)28-24/h8-10,12,15,18-20,22,25,27H,2-7,11,13-14,16H2,1H3/t18?,19?,20?,22-/m1/s1. The van der Waals surface area contributed by atoms with Gasteiger partial charge in [-0.15, -0.1) is 11.3 Å². The third kappa shape index (κ3) is 5.43. The van der Waals surface area contributed by atoms with Crippen molar-refractivity contribution in [2.24, 2.45) is 11.8 Å². The Hall–Kier alpha value is -1.23. The number of ketones is 1. The molecule has 1 saturated carbocycles. The molecule has 1 heterocycles. The highest BCUT2D eigenvalue weighted by Crippen LogP contribution is 2.39. The Kier molecular flexibility index (Phi) is 8.07. The summed E-state index contributed by atoms with van der Waals surface area (Å²) in [6.45, 7) is 2.22. The molecule has 1 fully saturated rings. The van der Waals surface area contributed by atoms with E-state index in [0.717, 1.165) is 17.7 Å². The van der Waals surface area contributed by atoms with Crippen molar-refractivity contribution in [3.05, 3.63) is 35.2 Å². The summed E-state index contributed by atoms with van der Waals surface area (Å²) in [6, 6.07) is 10.2. The van der Waals surface area contributed by atoms with Crippen LogP contribution in [-0.4, -0.2) is 22.1 Å². The minimum Gasteiger partial charge on any atom is -0.392 e. The normalized spacial score (nSPS) is 23.5. The number of fused-ring (bicyclic) bond motifs is 1. The zero-order chi connectivity index (χ0) is 19.9. The predicted molar refractivity (Wildman–Crippen MR) is 117 cm³/mol. The molecule has 0 bridgehead atoms. The molecule has 1 aliphatic rings.